The third kappa shape index (κ3) is 25.5. The Morgan fingerprint density at radius 3 is 1.37 bits per heavy atom. The molecule has 0 aliphatic rings. The largest absolute Gasteiger partial charge is 0.467 e. The van der Waals surface area contributed by atoms with E-state index in [9.17, 15) is 33.6 Å². The third-order valence-electron chi connectivity index (χ3n) is 14.6. The Morgan fingerprint density at radius 2 is 0.947 bits per heavy atom. The van der Waals surface area contributed by atoms with E-state index in [1.54, 1.807) is 81.7 Å². The molecule has 4 heterocycles. The number of anilines is 6. The Balaban J connectivity index is 0.881. The van der Waals surface area contributed by atoms with Crippen LogP contribution in [0, 0.1) is 0 Å². The summed E-state index contributed by atoms with van der Waals surface area (Å²) in [6, 6.07) is 11.4. The number of nitrogen functional groups attached to an aromatic ring is 4. The summed E-state index contributed by atoms with van der Waals surface area (Å²) in [5.41, 5.74) is 27.3. The van der Waals surface area contributed by atoms with E-state index < -0.39 is 47.5 Å². The number of ether oxygens (including phenoxy) is 5. The molecule has 0 aliphatic heterocycles. The second kappa shape index (κ2) is 37.7. The lowest BCUT2D eigenvalue weighted by Gasteiger charge is -2.22. The van der Waals surface area contributed by atoms with Gasteiger partial charge in [0.15, 0.2) is 34.0 Å². The zero-order valence-electron chi connectivity index (χ0n) is 55.1. The van der Waals surface area contributed by atoms with Crippen LogP contribution in [0.3, 0.4) is 0 Å². The maximum Gasteiger partial charge on any atom is 0.407 e. The molecule has 6 aromatic rings. The van der Waals surface area contributed by atoms with Gasteiger partial charge in [0.2, 0.25) is 23.7 Å². The van der Waals surface area contributed by atoms with E-state index in [-0.39, 0.29) is 72.3 Å². The number of esters is 2. The number of benzene rings is 2. The van der Waals surface area contributed by atoms with Gasteiger partial charge in [0.05, 0.1) is 77.5 Å². The smallest absolute Gasteiger partial charge is 0.407 e. The van der Waals surface area contributed by atoms with Crippen LogP contribution in [-0.4, -0.2) is 198 Å². The highest BCUT2D eigenvalue weighted by atomic mass is 16.6. The summed E-state index contributed by atoms with van der Waals surface area (Å²) < 4.78 is 26.7. The van der Waals surface area contributed by atoms with Crippen molar-refractivity contribution in [2.45, 2.75) is 116 Å². The molecule has 6 rings (SSSR count). The van der Waals surface area contributed by atoms with Gasteiger partial charge in [-0.3, -0.25) is 19.2 Å². The lowest BCUT2D eigenvalue weighted by molar-refractivity contribution is -0.144. The zero-order valence-corrected chi connectivity index (χ0v) is 55.1. The lowest BCUT2D eigenvalue weighted by atomic mass is 10.1. The standard InChI is InChI=1S/C63H90N20O12/c1-63(2,3)95-62(90)70-28-32-93-34-35-94-33-31-83(29-12-8-10-26-68-48(84)24-22-46(58(88)91-6)75-56(86)40-14-18-44(19-15-40)81(4)38-42-36-71-54-50(73-42)52(64)77-60(66)79-54)30-13-9-11-27-69-49(85)25-23-47(59(89)92-7)76-57(87)41-16-20-45(21-17-41)82(5)39-43-37-72-55-51(74-43)53(65)78-61(67)80-55/h14-21,36-37,46-47H,8-13,22-35,38-39H2,1-7H3,(H,68,84)(H,69,85)(H,70,90)(H,75,86)(H,76,87)(H4,64,66,71,77,79)(H4,65,67,72,78,80)/t46-,47+. The molecule has 4 aromatic heterocycles. The summed E-state index contributed by atoms with van der Waals surface area (Å²) in [6.45, 7) is 10.9. The Hall–Kier alpha value is -9.95. The minimum absolute atomic E-state index is 0.00295. The number of nitrogens with two attached hydrogens (primary N) is 4. The molecule has 2 aromatic carbocycles. The van der Waals surface area contributed by atoms with Crippen molar-refractivity contribution in [3.63, 3.8) is 0 Å². The first kappa shape index (κ1) is 74.1. The molecule has 0 spiro atoms. The Kier molecular flexibility index (Phi) is 29.4. The molecule has 32 nitrogen and oxygen atoms in total. The van der Waals surface area contributed by atoms with Gasteiger partial charge in [-0.15, -0.1) is 0 Å². The number of rotatable bonds is 39. The van der Waals surface area contributed by atoms with Gasteiger partial charge >= 0.3 is 18.0 Å². The number of carbonyl (C=O) groups excluding carboxylic acids is 7. The van der Waals surface area contributed by atoms with Gasteiger partial charge in [-0.05, 0) is 121 Å². The molecule has 95 heavy (non-hydrogen) atoms. The SMILES string of the molecule is COC(=O)[C@H](CCC(=O)NCCCCCN(CCCCCNC(=O)CC[C@@H](NC(=O)c1ccc(N(C)Cc2cnc3nc(N)nc(N)c3n2)cc1)C(=O)OC)CCOCCOCCNC(=O)OC(C)(C)C)NC(=O)c1ccc(N(C)Cc2cnc3nc(N)nc(N)c3n2)cc1. The van der Waals surface area contributed by atoms with Crippen LogP contribution in [0.2, 0.25) is 0 Å². The number of carbonyl (C=O) groups is 7. The Labute approximate surface area is 551 Å². The van der Waals surface area contributed by atoms with Crippen molar-refractivity contribution < 1.29 is 57.2 Å². The first-order valence-corrected chi connectivity index (χ1v) is 31.4. The molecule has 0 saturated heterocycles. The average molecular weight is 1320 g/mol. The third-order valence-corrected chi connectivity index (χ3v) is 14.6. The van der Waals surface area contributed by atoms with E-state index in [0.29, 0.717) is 112 Å². The number of nitrogens with one attached hydrogen (secondary N) is 5. The second-order valence-corrected chi connectivity index (χ2v) is 23.3. The van der Waals surface area contributed by atoms with Gasteiger partial charge in [-0.2, -0.15) is 19.9 Å². The molecular weight excluding hydrogens is 1230 g/mol. The summed E-state index contributed by atoms with van der Waals surface area (Å²) in [5.74, 6) is -2.66. The van der Waals surface area contributed by atoms with Crippen LogP contribution >= 0.6 is 0 Å². The van der Waals surface area contributed by atoms with Crippen LogP contribution in [-0.2, 0) is 56.0 Å². The van der Waals surface area contributed by atoms with Gasteiger partial charge in [0, 0.05) is 75.6 Å². The first-order chi connectivity index (χ1) is 45.5. The molecule has 0 fully saturated rings. The summed E-state index contributed by atoms with van der Waals surface area (Å²) >= 11 is 0. The fourth-order valence-corrected chi connectivity index (χ4v) is 9.63. The predicted octanol–water partition coefficient (Wildman–Crippen LogP) is 2.99. The van der Waals surface area contributed by atoms with Crippen molar-refractivity contribution in [1.29, 1.82) is 0 Å². The van der Waals surface area contributed by atoms with Crippen LogP contribution < -0.4 is 59.3 Å². The molecule has 32 heteroatoms. The monoisotopic (exact) mass is 1320 g/mol. The van der Waals surface area contributed by atoms with Crippen LogP contribution in [0.15, 0.2) is 60.9 Å². The van der Waals surface area contributed by atoms with Crippen LogP contribution in [0.4, 0.5) is 39.7 Å². The number of aromatic nitrogens is 8. The molecule has 5 amide bonds. The minimum Gasteiger partial charge on any atom is -0.467 e. The number of amides is 5. The van der Waals surface area contributed by atoms with E-state index in [0.717, 1.165) is 50.1 Å². The summed E-state index contributed by atoms with van der Waals surface area (Å²) in [4.78, 5) is 130. The summed E-state index contributed by atoms with van der Waals surface area (Å²) in [5, 5.41) is 13.9. The van der Waals surface area contributed by atoms with Crippen LogP contribution in [0.25, 0.3) is 22.3 Å². The lowest BCUT2D eigenvalue weighted by Crippen LogP contribution is -2.42. The topological polar surface area (TPSA) is 443 Å². The zero-order chi connectivity index (χ0) is 68.9. The number of alkyl carbamates (subject to hydrolysis) is 1. The Morgan fingerprint density at radius 1 is 0.516 bits per heavy atom. The van der Waals surface area contributed by atoms with E-state index in [4.69, 9.17) is 46.6 Å². The summed E-state index contributed by atoms with van der Waals surface area (Å²) in [7, 11) is 6.13. The maximum absolute atomic E-state index is 13.3. The molecule has 0 unspecified atom stereocenters. The molecule has 0 radical (unpaired) electrons. The highest BCUT2D eigenvalue weighted by Gasteiger charge is 2.26. The van der Waals surface area contributed by atoms with Gasteiger partial charge < -0.3 is 87.9 Å². The molecule has 13 N–H and O–H groups in total. The van der Waals surface area contributed by atoms with E-state index in [1.165, 1.54) is 14.2 Å². The number of unbranched alkanes of at least 4 members (excludes halogenated alkanes) is 4. The van der Waals surface area contributed by atoms with E-state index >= 15 is 0 Å². The number of hydrogen-bond donors (Lipinski definition) is 9. The molecule has 514 valence electrons. The van der Waals surface area contributed by atoms with Crippen molar-refractivity contribution >= 4 is 98.9 Å². The van der Waals surface area contributed by atoms with Crippen molar-refractivity contribution in [2.75, 3.05) is 127 Å². The fourth-order valence-electron chi connectivity index (χ4n) is 9.63. The molecular formula is C63H90N20O12. The van der Waals surface area contributed by atoms with Crippen LogP contribution in [0.1, 0.15) is 117 Å². The summed E-state index contributed by atoms with van der Waals surface area (Å²) in [6.07, 6.45) is 7.39. The number of hydrogen-bond acceptors (Lipinski definition) is 27. The van der Waals surface area contributed by atoms with Crippen molar-refractivity contribution in [2.24, 2.45) is 0 Å². The molecule has 0 aliphatic carbocycles. The number of fused-ring (bicyclic) bond motifs is 2. The average Bonchev–Trinajstić information content (AvgIpc) is 0.868. The normalized spacial score (nSPS) is 12.0. The van der Waals surface area contributed by atoms with Crippen LogP contribution in [0.5, 0.6) is 0 Å². The predicted molar refractivity (Wildman–Crippen MR) is 356 cm³/mol. The molecule has 2 atom stereocenters. The van der Waals surface area contributed by atoms with Gasteiger partial charge in [-0.25, -0.2) is 34.3 Å². The highest BCUT2D eigenvalue weighted by molar-refractivity contribution is 5.98. The van der Waals surface area contributed by atoms with Crippen molar-refractivity contribution in [3.05, 3.63) is 83.4 Å². The van der Waals surface area contributed by atoms with Crippen molar-refractivity contribution in [1.82, 2.24) is 71.4 Å². The minimum atomic E-state index is -1.06. The maximum atomic E-state index is 13.3. The second-order valence-electron chi connectivity index (χ2n) is 23.3. The Bertz CT molecular complexity index is 3300. The highest BCUT2D eigenvalue weighted by Crippen LogP contribution is 2.22. The first-order valence-electron chi connectivity index (χ1n) is 31.4. The van der Waals surface area contributed by atoms with E-state index in [2.05, 4.69) is 71.4 Å². The van der Waals surface area contributed by atoms with Gasteiger partial charge in [0.1, 0.15) is 17.7 Å². The quantitative estimate of drug-likeness (QED) is 0.0152. The van der Waals surface area contributed by atoms with Gasteiger partial charge in [0.25, 0.3) is 11.8 Å². The fraction of sp³-hybridized carbons (Fsp3) is 0.508. The van der Waals surface area contributed by atoms with Gasteiger partial charge in [-0.1, -0.05) is 12.8 Å². The molecule has 0 bridgehead atoms. The molecule has 0 saturated carbocycles. The van der Waals surface area contributed by atoms with Crippen molar-refractivity contribution in [3.8, 4) is 0 Å². The number of methoxy groups -OCH3 is 2. The number of nitrogens with zero attached hydrogens (tertiary/aromatic N) is 11. The van der Waals surface area contributed by atoms with E-state index in [1.807, 2.05) is 23.9 Å².